The van der Waals surface area contributed by atoms with Gasteiger partial charge in [0.1, 0.15) is 5.52 Å². The summed E-state index contributed by atoms with van der Waals surface area (Å²) < 4.78 is 0. The molecule has 0 amide bonds. The molecular formula is C17H10N2O3. The van der Waals surface area contributed by atoms with Crippen LogP contribution in [0.3, 0.4) is 0 Å². The summed E-state index contributed by atoms with van der Waals surface area (Å²) in [5.74, 6) is -1.03. The van der Waals surface area contributed by atoms with E-state index in [1.807, 2.05) is 6.07 Å². The maximum absolute atomic E-state index is 11.9. The van der Waals surface area contributed by atoms with Gasteiger partial charge in [-0.3, -0.25) is 4.79 Å². The van der Waals surface area contributed by atoms with Gasteiger partial charge in [-0.05, 0) is 30.3 Å². The van der Waals surface area contributed by atoms with E-state index in [-0.39, 0.29) is 11.0 Å². The summed E-state index contributed by atoms with van der Waals surface area (Å²) >= 11 is 0. The molecule has 2 N–H and O–H groups in total. The number of nitrogens with one attached hydrogen (secondary N) is 1. The monoisotopic (exact) mass is 290 g/mol. The molecule has 0 unspecified atom stereocenters. The van der Waals surface area contributed by atoms with E-state index in [1.165, 1.54) is 12.1 Å². The van der Waals surface area contributed by atoms with Crippen molar-refractivity contribution in [1.29, 1.82) is 0 Å². The highest BCUT2D eigenvalue weighted by atomic mass is 16.4. The number of carboxylic acids is 1. The number of aromatic amines is 1. The first-order valence-corrected chi connectivity index (χ1v) is 6.73. The zero-order chi connectivity index (χ0) is 15.3. The number of carboxylic acid groups (broad SMARTS) is 1. The van der Waals surface area contributed by atoms with Crippen molar-refractivity contribution in [3.63, 3.8) is 0 Å². The lowest BCUT2D eigenvalue weighted by Gasteiger charge is -2.07. The third-order valence-corrected chi connectivity index (χ3v) is 3.75. The van der Waals surface area contributed by atoms with E-state index in [4.69, 9.17) is 0 Å². The summed E-state index contributed by atoms with van der Waals surface area (Å²) in [6.45, 7) is 0. The third-order valence-electron chi connectivity index (χ3n) is 3.75. The molecule has 22 heavy (non-hydrogen) atoms. The number of fused-ring (bicyclic) bond motifs is 4. The van der Waals surface area contributed by atoms with Gasteiger partial charge >= 0.3 is 5.97 Å². The van der Waals surface area contributed by atoms with Crippen molar-refractivity contribution in [2.24, 2.45) is 0 Å². The van der Waals surface area contributed by atoms with Crippen LogP contribution in [0, 0.1) is 0 Å². The number of nitrogens with zero attached hydrogens (tertiary/aromatic N) is 1. The van der Waals surface area contributed by atoms with E-state index < -0.39 is 5.97 Å². The van der Waals surface area contributed by atoms with Crippen LogP contribution in [0.2, 0.25) is 0 Å². The lowest BCUT2D eigenvalue weighted by Crippen LogP contribution is -2.02. The Morgan fingerprint density at radius 2 is 1.68 bits per heavy atom. The number of hydrogen-bond acceptors (Lipinski definition) is 3. The van der Waals surface area contributed by atoms with Crippen LogP contribution in [-0.4, -0.2) is 21.0 Å². The third kappa shape index (κ3) is 1.69. The minimum Gasteiger partial charge on any atom is -0.478 e. The van der Waals surface area contributed by atoms with E-state index >= 15 is 0 Å². The number of aromatic nitrogens is 2. The molecule has 4 aromatic rings. The number of hydrogen-bond donors (Lipinski definition) is 2. The van der Waals surface area contributed by atoms with E-state index in [1.54, 1.807) is 30.3 Å². The molecule has 5 nitrogen and oxygen atoms in total. The Morgan fingerprint density at radius 1 is 0.909 bits per heavy atom. The van der Waals surface area contributed by atoms with Gasteiger partial charge in [0.25, 0.3) is 0 Å². The van der Waals surface area contributed by atoms with Crippen LogP contribution in [0.25, 0.3) is 32.8 Å². The molecule has 5 heteroatoms. The van der Waals surface area contributed by atoms with Crippen molar-refractivity contribution in [1.82, 2.24) is 9.97 Å². The summed E-state index contributed by atoms with van der Waals surface area (Å²) in [5, 5.41) is 10.6. The molecule has 3 aromatic carbocycles. The topological polar surface area (TPSA) is 83.0 Å². The minimum atomic E-state index is -1.03. The largest absolute Gasteiger partial charge is 0.478 e. The highest BCUT2D eigenvalue weighted by Gasteiger charge is 2.12. The molecule has 0 aliphatic rings. The first-order chi connectivity index (χ1) is 10.6. The predicted octanol–water partition coefficient (Wildman–Crippen LogP) is 2.93. The number of aromatic carboxylic acids is 1. The van der Waals surface area contributed by atoms with Gasteiger partial charge in [0.2, 0.25) is 0 Å². The molecule has 0 spiro atoms. The second-order valence-electron chi connectivity index (χ2n) is 5.06. The Morgan fingerprint density at radius 3 is 2.50 bits per heavy atom. The van der Waals surface area contributed by atoms with Crippen LogP contribution in [0.4, 0.5) is 0 Å². The quantitative estimate of drug-likeness (QED) is 0.417. The molecular weight excluding hydrogens is 280 g/mol. The molecule has 106 valence electrons. The van der Waals surface area contributed by atoms with E-state index in [2.05, 4.69) is 9.97 Å². The Kier molecular flexibility index (Phi) is 2.50. The van der Waals surface area contributed by atoms with Crippen molar-refractivity contribution < 1.29 is 9.90 Å². The SMILES string of the molecule is O=C(O)c1cccc2[nH]c3ccc4c(=O)cccc4c3nc12. The highest BCUT2D eigenvalue weighted by molar-refractivity contribution is 6.08. The van der Waals surface area contributed by atoms with E-state index in [9.17, 15) is 14.7 Å². The number of rotatable bonds is 1. The molecule has 4 rings (SSSR count). The molecule has 0 saturated carbocycles. The van der Waals surface area contributed by atoms with Gasteiger partial charge in [-0.2, -0.15) is 0 Å². The Labute approximate surface area is 123 Å². The van der Waals surface area contributed by atoms with Gasteiger partial charge in [-0.25, -0.2) is 9.78 Å². The van der Waals surface area contributed by atoms with Gasteiger partial charge in [-0.1, -0.05) is 18.2 Å². The smallest absolute Gasteiger partial charge is 0.337 e. The average Bonchev–Trinajstić information content (AvgIpc) is 2.52. The normalized spacial score (nSPS) is 11.3. The summed E-state index contributed by atoms with van der Waals surface area (Å²) in [4.78, 5) is 31.0. The van der Waals surface area contributed by atoms with Crippen molar-refractivity contribution in [2.75, 3.05) is 0 Å². The highest BCUT2D eigenvalue weighted by Crippen LogP contribution is 2.24. The zero-order valence-corrected chi connectivity index (χ0v) is 11.3. The molecule has 0 atom stereocenters. The summed E-state index contributed by atoms with van der Waals surface area (Å²) in [7, 11) is 0. The van der Waals surface area contributed by atoms with E-state index in [0.717, 1.165) is 5.52 Å². The van der Waals surface area contributed by atoms with Gasteiger partial charge in [0, 0.05) is 10.8 Å². The summed E-state index contributed by atoms with van der Waals surface area (Å²) in [6, 6.07) is 13.5. The molecule has 0 aliphatic carbocycles. The van der Waals surface area contributed by atoms with Crippen LogP contribution in [0.5, 0.6) is 0 Å². The Bertz CT molecular complexity index is 1130. The first kappa shape index (κ1) is 12.5. The van der Waals surface area contributed by atoms with Crippen molar-refractivity contribution in [3.05, 3.63) is 64.3 Å². The van der Waals surface area contributed by atoms with Crippen molar-refractivity contribution in [2.45, 2.75) is 0 Å². The fraction of sp³-hybridized carbons (Fsp3) is 0. The molecule has 0 bridgehead atoms. The minimum absolute atomic E-state index is 0.0761. The number of H-pyrrole nitrogens is 1. The second kappa shape index (κ2) is 4.39. The van der Waals surface area contributed by atoms with Gasteiger partial charge in [0.05, 0.1) is 22.1 Å². The fourth-order valence-corrected chi connectivity index (χ4v) is 2.73. The Balaban J connectivity index is 2.25. The maximum atomic E-state index is 11.9. The number of para-hydroxylation sites is 1. The number of carbonyl (C=O) groups is 1. The average molecular weight is 290 g/mol. The molecule has 0 radical (unpaired) electrons. The zero-order valence-electron chi connectivity index (χ0n) is 11.3. The van der Waals surface area contributed by atoms with Gasteiger partial charge < -0.3 is 10.1 Å². The van der Waals surface area contributed by atoms with Gasteiger partial charge in [0.15, 0.2) is 5.43 Å². The van der Waals surface area contributed by atoms with Crippen molar-refractivity contribution in [3.8, 4) is 0 Å². The molecule has 0 aliphatic heterocycles. The standard InChI is InChI=1S/C17H10N2O3/c20-14-6-2-3-10-9(14)7-8-13-15(10)19-16-11(17(21)22)4-1-5-12(16)18-13/h1-8,18H,(H,21,22). The Hall–Kier alpha value is -3.21. The lowest BCUT2D eigenvalue weighted by atomic mass is 10.1. The summed E-state index contributed by atoms with van der Waals surface area (Å²) in [6.07, 6.45) is 0. The molecule has 1 aromatic heterocycles. The maximum Gasteiger partial charge on any atom is 0.337 e. The second-order valence-corrected chi connectivity index (χ2v) is 5.06. The predicted molar refractivity (Wildman–Crippen MR) is 84.3 cm³/mol. The summed E-state index contributed by atoms with van der Waals surface area (Å²) in [5.41, 5.74) is 2.43. The van der Waals surface area contributed by atoms with Crippen LogP contribution < -0.4 is 5.43 Å². The van der Waals surface area contributed by atoms with Crippen LogP contribution >= 0.6 is 0 Å². The molecule has 0 fully saturated rings. The fourth-order valence-electron chi connectivity index (χ4n) is 2.73. The first-order valence-electron chi connectivity index (χ1n) is 6.73. The van der Waals surface area contributed by atoms with Crippen LogP contribution in [0.1, 0.15) is 10.4 Å². The van der Waals surface area contributed by atoms with Crippen LogP contribution in [-0.2, 0) is 0 Å². The molecule has 0 saturated heterocycles. The van der Waals surface area contributed by atoms with Gasteiger partial charge in [-0.15, -0.1) is 0 Å². The molecule has 1 heterocycles. The van der Waals surface area contributed by atoms with Crippen molar-refractivity contribution >= 4 is 38.8 Å². The van der Waals surface area contributed by atoms with Crippen LogP contribution in [0.15, 0.2) is 53.3 Å². The van der Waals surface area contributed by atoms with E-state index in [0.29, 0.717) is 27.3 Å². The number of benzene rings is 3. The lowest BCUT2D eigenvalue weighted by molar-refractivity contribution is 0.0699.